The average molecular weight is 221 g/mol. The average Bonchev–Trinajstić information content (AvgIpc) is 2.24. The Hall–Kier alpha value is -1.02. The minimum atomic E-state index is 0.562. The Morgan fingerprint density at radius 2 is 2.06 bits per heavy atom. The Morgan fingerprint density at radius 3 is 2.69 bits per heavy atom. The van der Waals surface area contributed by atoms with E-state index in [9.17, 15) is 0 Å². The maximum absolute atomic E-state index is 5.89. The molecule has 1 rings (SSSR count). The molecule has 1 aromatic carbocycles. The number of benzene rings is 1. The summed E-state index contributed by atoms with van der Waals surface area (Å²) in [5.74, 6) is 1.61. The molecule has 0 saturated heterocycles. The highest BCUT2D eigenvalue weighted by Gasteiger charge is 2.07. The van der Waals surface area contributed by atoms with Crippen molar-refractivity contribution in [2.24, 2.45) is 5.92 Å². The molecule has 0 fully saturated rings. The van der Waals surface area contributed by atoms with E-state index in [2.05, 4.69) is 51.2 Å². The van der Waals surface area contributed by atoms with Crippen molar-refractivity contribution in [2.45, 2.75) is 34.2 Å². The van der Waals surface area contributed by atoms with Gasteiger partial charge in [-0.2, -0.15) is 0 Å². The third-order valence-corrected chi connectivity index (χ3v) is 2.42. The highest BCUT2D eigenvalue weighted by molar-refractivity contribution is 5.40. The standard InChI is InChI=1S/C14H23NO/c1-5-15-9-13-8-6-7-12(4)14(13)16-10-11(2)3/h6-8,11,15H,5,9-10H2,1-4H3. The summed E-state index contributed by atoms with van der Waals surface area (Å²) < 4.78 is 5.89. The van der Waals surface area contributed by atoms with Gasteiger partial charge in [0.1, 0.15) is 5.75 Å². The van der Waals surface area contributed by atoms with Crippen molar-refractivity contribution in [2.75, 3.05) is 13.2 Å². The molecule has 1 aromatic rings. The summed E-state index contributed by atoms with van der Waals surface area (Å²) in [5.41, 5.74) is 2.47. The lowest BCUT2D eigenvalue weighted by Gasteiger charge is -2.15. The molecule has 0 aliphatic heterocycles. The molecular weight excluding hydrogens is 198 g/mol. The van der Waals surface area contributed by atoms with Crippen LogP contribution in [0, 0.1) is 12.8 Å². The van der Waals surface area contributed by atoms with Gasteiger partial charge in [-0.25, -0.2) is 0 Å². The van der Waals surface area contributed by atoms with Gasteiger partial charge in [0, 0.05) is 12.1 Å². The lowest BCUT2D eigenvalue weighted by molar-refractivity contribution is 0.266. The van der Waals surface area contributed by atoms with Gasteiger partial charge in [-0.05, 0) is 24.9 Å². The molecule has 16 heavy (non-hydrogen) atoms. The van der Waals surface area contributed by atoms with E-state index in [1.165, 1.54) is 11.1 Å². The Balaban J connectivity index is 2.77. The Kier molecular flexibility index (Phi) is 5.33. The van der Waals surface area contributed by atoms with Crippen molar-refractivity contribution in [3.05, 3.63) is 29.3 Å². The topological polar surface area (TPSA) is 21.3 Å². The lowest BCUT2D eigenvalue weighted by Crippen LogP contribution is -2.14. The van der Waals surface area contributed by atoms with Crippen LogP contribution in [0.1, 0.15) is 31.9 Å². The predicted molar refractivity (Wildman–Crippen MR) is 68.9 cm³/mol. The molecule has 0 amide bonds. The van der Waals surface area contributed by atoms with Gasteiger partial charge in [-0.1, -0.05) is 39.0 Å². The van der Waals surface area contributed by atoms with Crippen molar-refractivity contribution in [1.29, 1.82) is 0 Å². The fourth-order valence-electron chi connectivity index (χ4n) is 1.57. The van der Waals surface area contributed by atoms with Crippen molar-refractivity contribution in [3.63, 3.8) is 0 Å². The first-order valence-electron chi connectivity index (χ1n) is 6.07. The van der Waals surface area contributed by atoms with Crippen LogP contribution in [-0.4, -0.2) is 13.2 Å². The number of hydrogen-bond donors (Lipinski definition) is 1. The monoisotopic (exact) mass is 221 g/mol. The fraction of sp³-hybridized carbons (Fsp3) is 0.571. The van der Waals surface area contributed by atoms with E-state index in [0.29, 0.717) is 5.92 Å². The van der Waals surface area contributed by atoms with Crippen LogP contribution < -0.4 is 10.1 Å². The molecule has 0 unspecified atom stereocenters. The third-order valence-electron chi connectivity index (χ3n) is 2.42. The van der Waals surface area contributed by atoms with Gasteiger partial charge < -0.3 is 10.1 Å². The van der Waals surface area contributed by atoms with Crippen molar-refractivity contribution >= 4 is 0 Å². The van der Waals surface area contributed by atoms with Gasteiger partial charge in [-0.3, -0.25) is 0 Å². The molecular formula is C14H23NO. The van der Waals surface area contributed by atoms with E-state index in [-0.39, 0.29) is 0 Å². The number of para-hydroxylation sites is 1. The largest absolute Gasteiger partial charge is 0.493 e. The van der Waals surface area contributed by atoms with Crippen LogP contribution >= 0.6 is 0 Å². The maximum Gasteiger partial charge on any atom is 0.126 e. The zero-order chi connectivity index (χ0) is 12.0. The fourth-order valence-corrected chi connectivity index (χ4v) is 1.57. The van der Waals surface area contributed by atoms with Gasteiger partial charge in [0.15, 0.2) is 0 Å². The summed E-state index contributed by atoms with van der Waals surface area (Å²) >= 11 is 0. The van der Waals surface area contributed by atoms with E-state index in [0.717, 1.165) is 25.4 Å². The Labute approximate surface area is 99.0 Å². The van der Waals surface area contributed by atoms with Crippen LogP contribution in [0.5, 0.6) is 5.75 Å². The first-order valence-corrected chi connectivity index (χ1v) is 6.07. The second-order valence-electron chi connectivity index (χ2n) is 4.55. The first kappa shape index (κ1) is 13.0. The zero-order valence-electron chi connectivity index (χ0n) is 10.8. The quantitative estimate of drug-likeness (QED) is 0.797. The van der Waals surface area contributed by atoms with E-state index in [1.807, 2.05) is 0 Å². The van der Waals surface area contributed by atoms with E-state index in [4.69, 9.17) is 4.74 Å². The van der Waals surface area contributed by atoms with Crippen LogP contribution in [0.4, 0.5) is 0 Å². The molecule has 0 bridgehead atoms. The summed E-state index contributed by atoms with van der Waals surface area (Å²) in [6.07, 6.45) is 0. The van der Waals surface area contributed by atoms with Crippen molar-refractivity contribution < 1.29 is 4.74 Å². The van der Waals surface area contributed by atoms with Crippen LogP contribution in [0.3, 0.4) is 0 Å². The minimum absolute atomic E-state index is 0.562. The molecule has 0 radical (unpaired) electrons. The van der Waals surface area contributed by atoms with Crippen molar-refractivity contribution in [3.8, 4) is 5.75 Å². The number of nitrogens with one attached hydrogen (secondary N) is 1. The molecule has 0 heterocycles. The molecule has 0 aliphatic carbocycles. The summed E-state index contributed by atoms with van der Waals surface area (Å²) in [6, 6.07) is 6.32. The van der Waals surface area contributed by atoms with Gasteiger partial charge >= 0.3 is 0 Å². The third kappa shape index (κ3) is 3.86. The second kappa shape index (κ2) is 6.54. The lowest BCUT2D eigenvalue weighted by atomic mass is 10.1. The van der Waals surface area contributed by atoms with Gasteiger partial charge in [0.05, 0.1) is 6.61 Å². The van der Waals surface area contributed by atoms with Gasteiger partial charge in [-0.15, -0.1) is 0 Å². The van der Waals surface area contributed by atoms with E-state index < -0.39 is 0 Å². The Bertz CT molecular complexity index is 321. The summed E-state index contributed by atoms with van der Waals surface area (Å²) in [4.78, 5) is 0. The summed E-state index contributed by atoms with van der Waals surface area (Å²) in [6.45, 7) is 11.2. The number of hydrogen-bond acceptors (Lipinski definition) is 2. The van der Waals surface area contributed by atoms with E-state index in [1.54, 1.807) is 0 Å². The zero-order valence-corrected chi connectivity index (χ0v) is 10.8. The van der Waals surface area contributed by atoms with Crippen LogP contribution in [-0.2, 0) is 6.54 Å². The maximum atomic E-state index is 5.89. The molecule has 2 heteroatoms. The molecule has 0 atom stereocenters. The van der Waals surface area contributed by atoms with E-state index >= 15 is 0 Å². The van der Waals surface area contributed by atoms with Crippen LogP contribution in [0.25, 0.3) is 0 Å². The van der Waals surface area contributed by atoms with Gasteiger partial charge in [0.2, 0.25) is 0 Å². The second-order valence-corrected chi connectivity index (χ2v) is 4.55. The highest BCUT2D eigenvalue weighted by atomic mass is 16.5. The smallest absolute Gasteiger partial charge is 0.126 e. The van der Waals surface area contributed by atoms with Crippen LogP contribution in [0.2, 0.25) is 0 Å². The normalized spacial score (nSPS) is 10.8. The van der Waals surface area contributed by atoms with Crippen molar-refractivity contribution in [1.82, 2.24) is 5.32 Å². The summed E-state index contributed by atoms with van der Waals surface area (Å²) in [7, 11) is 0. The first-order chi connectivity index (χ1) is 7.65. The number of ether oxygens (including phenoxy) is 1. The number of aryl methyl sites for hydroxylation is 1. The predicted octanol–water partition coefficient (Wildman–Crippen LogP) is 3.14. The molecule has 2 nitrogen and oxygen atoms in total. The Morgan fingerprint density at radius 1 is 1.31 bits per heavy atom. The molecule has 1 N–H and O–H groups in total. The highest BCUT2D eigenvalue weighted by Crippen LogP contribution is 2.23. The molecule has 0 aliphatic rings. The summed E-state index contributed by atoms with van der Waals surface area (Å²) in [5, 5.41) is 3.34. The molecule has 0 saturated carbocycles. The number of rotatable bonds is 6. The van der Waals surface area contributed by atoms with Crippen LogP contribution in [0.15, 0.2) is 18.2 Å². The SMILES string of the molecule is CCNCc1cccc(C)c1OCC(C)C. The molecule has 0 aromatic heterocycles. The molecule has 0 spiro atoms. The minimum Gasteiger partial charge on any atom is -0.493 e. The molecule has 90 valence electrons. The van der Waals surface area contributed by atoms with Gasteiger partial charge in [0.25, 0.3) is 0 Å².